The Morgan fingerprint density at radius 2 is 1.79 bits per heavy atom. The summed E-state index contributed by atoms with van der Waals surface area (Å²) in [5.41, 5.74) is 1.44. The molecule has 0 aromatic heterocycles. The molecule has 0 bridgehead atoms. The van der Waals surface area contributed by atoms with Crippen LogP contribution in [0.1, 0.15) is 24.2 Å². The number of carboxylic acid groups (broad SMARTS) is 1. The van der Waals surface area contributed by atoms with Crippen molar-refractivity contribution in [1.82, 2.24) is 0 Å². The van der Waals surface area contributed by atoms with Crippen LogP contribution in [-0.4, -0.2) is 24.7 Å². The molecule has 100 valence electrons. The highest BCUT2D eigenvalue weighted by Gasteiger charge is 2.13. The van der Waals surface area contributed by atoms with Gasteiger partial charge in [-0.15, -0.1) is 0 Å². The van der Waals surface area contributed by atoms with E-state index in [1.807, 2.05) is 37.4 Å². The van der Waals surface area contributed by atoms with Crippen LogP contribution in [0.5, 0.6) is 0 Å². The fourth-order valence-electron chi connectivity index (χ4n) is 2.45. The lowest BCUT2D eigenvalue weighted by atomic mass is 10.0. The van der Waals surface area contributed by atoms with Crippen LogP contribution < -0.4 is 4.90 Å². The van der Waals surface area contributed by atoms with E-state index in [0.29, 0.717) is 11.5 Å². The summed E-state index contributed by atoms with van der Waals surface area (Å²) in [5, 5.41) is 11.0. The molecule has 0 radical (unpaired) electrons. The molecule has 0 aliphatic carbocycles. The lowest BCUT2D eigenvalue weighted by Gasteiger charge is -2.23. The molecule has 2 aromatic carbocycles. The van der Waals surface area contributed by atoms with E-state index >= 15 is 0 Å². The number of fused-ring (bicyclic) bond motifs is 1. The molecule has 0 saturated heterocycles. The van der Waals surface area contributed by atoms with Crippen molar-refractivity contribution >= 4 is 22.4 Å². The summed E-state index contributed by atoms with van der Waals surface area (Å²) in [6.45, 7) is 5.28. The van der Waals surface area contributed by atoms with E-state index in [9.17, 15) is 9.90 Å². The van der Waals surface area contributed by atoms with E-state index in [1.165, 1.54) is 0 Å². The van der Waals surface area contributed by atoms with Gasteiger partial charge in [0.25, 0.3) is 0 Å². The van der Waals surface area contributed by atoms with Crippen LogP contribution >= 0.6 is 0 Å². The number of hydrogen-bond donors (Lipinski definition) is 1. The van der Waals surface area contributed by atoms with E-state index in [0.717, 1.165) is 23.0 Å². The lowest BCUT2D eigenvalue weighted by Crippen LogP contribution is -2.22. The molecule has 0 atom stereocenters. The second kappa shape index (κ2) is 5.31. The number of anilines is 1. The van der Waals surface area contributed by atoms with Crippen molar-refractivity contribution in [3.63, 3.8) is 0 Å². The van der Waals surface area contributed by atoms with Gasteiger partial charge in [-0.1, -0.05) is 38.1 Å². The van der Waals surface area contributed by atoms with E-state index in [4.69, 9.17) is 0 Å². The molecule has 1 N–H and O–H groups in total. The Morgan fingerprint density at radius 1 is 1.16 bits per heavy atom. The first-order valence-corrected chi connectivity index (χ1v) is 6.47. The average molecular weight is 257 g/mol. The van der Waals surface area contributed by atoms with Crippen molar-refractivity contribution in [1.29, 1.82) is 0 Å². The summed E-state index contributed by atoms with van der Waals surface area (Å²) in [7, 11) is 2.04. The Morgan fingerprint density at radius 3 is 2.37 bits per heavy atom. The molecule has 19 heavy (non-hydrogen) atoms. The number of nitrogens with zero attached hydrogens (tertiary/aromatic N) is 1. The van der Waals surface area contributed by atoms with Gasteiger partial charge in [0.2, 0.25) is 0 Å². The van der Waals surface area contributed by atoms with Crippen LogP contribution in [0.4, 0.5) is 5.69 Å². The Kier molecular flexibility index (Phi) is 3.74. The first-order valence-electron chi connectivity index (χ1n) is 6.47. The van der Waals surface area contributed by atoms with E-state index in [-0.39, 0.29) is 0 Å². The molecule has 0 aliphatic heterocycles. The molecule has 3 nitrogen and oxygen atoms in total. The third-order valence-corrected chi connectivity index (χ3v) is 3.18. The maximum Gasteiger partial charge on any atom is 0.336 e. The third-order valence-electron chi connectivity index (χ3n) is 3.18. The Hall–Kier alpha value is -2.03. The SMILES string of the molecule is CC(C)CN(C)c1ccc(C(=O)O)c2ccccc12. The van der Waals surface area contributed by atoms with Gasteiger partial charge in [-0.25, -0.2) is 4.79 Å². The van der Waals surface area contributed by atoms with E-state index in [2.05, 4.69) is 18.7 Å². The highest BCUT2D eigenvalue weighted by molar-refractivity contribution is 6.07. The summed E-state index contributed by atoms with van der Waals surface area (Å²) >= 11 is 0. The number of hydrogen-bond acceptors (Lipinski definition) is 2. The van der Waals surface area contributed by atoms with Gasteiger partial charge in [0.15, 0.2) is 0 Å². The van der Waals surface area contributed by atoms with Crippen LogP contribution in [0.15, 0.2) is 36.4 Å². The van der Waals surface area contributed by atoms with Gasteiger partial charge < -0.3 is 10.0 Å². The Labute approximate surface area is 113 Å². The van der Waals surface area contributed by atoms with Crippen LogP contribution in [0.3, 0.4) is 0 Å². The Bertz CT molecular complexity index is 605. The maximum atomic E-state index is 11.3. The summed E-state index contributed by atoms with van der Waals surface area (Å²) < 4.78 is 0. The number of aromatic carboxylic acids is 1. The third kappa shape index (κ3) is 2.70. The van der Waals surface area contributed by atoms with Gasteiger partial charge in [0.05, 0.1) is 5.56 Å². The van der Waals surface area contributed by atoms with Gasteiger partial charge in [0.1, 0.15) is 0 Å². The summed E-state index contributed by atoms with van der Waals surface area (Å²) in [5.74, 6) is -0.322. The van der Waals surface area contributed by atoms with E-state index in [1.54, 1.807) is 6.07 Å². The number of rotatable bonds is 4. The standard InChI is InChI=1S/C16H19NO2/c1-11(2)10-17(3)15-9-8-14(16(18)19)12-6-4-5-7-13(12)15/h4-9,11H,10H2,1-3H3,(H,18,19). The molecular weight excluding hydrogens is 238 g/mol. The van der Waals surface area contributed by atoms with Gasteiger partial charge in [-0.3, -0.25) is 0 Å². The van der Waals surface area contributed by atoms with Crippen molar-refractivity contribution in [2.24, 2.45) is 5.92 Å². The molecule has 0 heterocycles. The number of carbonyl (C=O) groups is 1. The summed E-state index contributed by atoms with van der Waals surface area (Å²) in [4.78, 5) is 13.4. The predicted molar refractivity (Wildman–Crippen MR) is 79.0 cm³/mol. The molecule has 0 aliphatic rings. The molecule has 3 heteroatoms. The minimum absolute atomic E-state index is 0.359. The minimum Gasteiger partial charge on any atom is -0.478 e. The lowest BCUT2D eigenvalue weighted by molar-refractivity contribution is 0.0699. The molecule has 0 saturated carbocycles. The summed E-state index contributed by atoms with van der Waals surface area (Å²) in [6.07, 6.45) is 0. The normalized spacial score (nSPS) is 10.9. The zero-order valence-corrected chi connectivity index (χ0v) is 11.6. The van der Waals surface area contributed by atoms with E-state index < -0.39 is 5.97 Å². The van der Waals surface area contributed by atoms with Crippen LogP contribution in [0, 0.1) is 5.92 Å². The highest BCUT2D eigenvalue weighted by atomic mass is 16.4. The molecule has 0 spiro atoms. The minimum atomic E-state index is -0.880. The van der Waals surface area contributed by atoms with Crippen molar-refractivity contribution < 1.29 is 9.90 Å². The van der Waals surface area contributed by atoms with Crippen LogP contribution in [-0.2, 0) is 0 Å². The number of benzene rings is 2. The molecule has 0 amide bonds. The zero-order chi connectivity index (χ0) is 14.0. The summed E-state index contributed by atoms with van der Waals surface area (Å²) in [6, 6.07) is 11.3. The van der Waals surface area contributed by atoms with Crippen molar-refractivity contribution in [2.45, 2.75) is 13.8 Å². The van der Waals surface area contributed by atoms with Gasteiger partial charge in [-0.05, 0) is 23.4 Å². The smallest absolute Gasteiger partial charge is 0.336 e. The van der Waals surface area contributed by atoms with Crippen molar-refractivity contribution in [3.8, 4) is 0 Å². The monoisotopic (exact) mass is 257 g/mol. The van der Waals surface area contributed by atoms with Gasteiger partial charge in [0, 0.05) is 24.7 Å². The van der Waals surface area contributed by atoms with Crippen LogP contribution in [0.2, 0.25) is 0 Å². The van der Waals surface area contributed by atoms with Crippen molar-refractivity contribution in [2.75, 3.05) is 18.5 Å². The topological polar surface area (TPSA) is 40.5 Å². The fourth-order valence-corrected chi connectivity index (χ4v) is 2.45. The fraction of sp³-hybridized carbons (Fsp3) is 0.312. The maximum absolute atomic E-state index is 11.3. The first kappa shape index (κ1) is 13.4. The average Bonchev–Trinajstić information content (AvgIpc) is 2.36. The van der Waals surface area contributed by atoms with Crippen molar-refractivity contribution in [3.05, 3.63) is 42.0 Å². The number of carboxylic acids is 1. The van der Waals surface area contributed by atoms with Crippen LogP contribution in [0.25, 0.3) is 10.8 Å². The molecule has 2 rings (SSSR count). The molecule has 0 fully saturated rings. The predicted octanol–water partition coefficient (Wildman–Crippen LogP) is 3.63. The van der Waals surface area contributed by atoms with Gasteiger partial charge >= 0.3 is 5.97 Å². The quantitative estimate of drug-likeness (QED) is 0.909. The first-order chi connectivity index (χ1) is 9.00. The Balaban J connectivity index is 2.58. The van der Waals surface area contributed by atoms with Gasteiger partial charge in [-0.2, -0.15) is 0 Å². The second-order valence-corrected chi connectivity index (χ2v) is 5.26. The molecule has 2 aromatic rings. The highest BCUT2D eigenvalue weighted by Crippen LogP contribution is 2.29. The second-order valence-electron chi connectivity index (χ2n) is 5.26. The largest absolute Gasteiger partial charge is 0.478 e. The zero-order valence-electron chi connectivity index (χ0n) is 11.6. The molecular formula is C16H19NO2. The molecule has 0 unspecified atom stereocenters.